The van der Waals surface area contributed by atoms with E-state index in [0.717, 1.165) is 22.9 Å². The monoisotopic (exact) mass is 329 g/mol. The normalized spacial score (nSPS) is 20.2. The van der Waals surface area contributed by atoms with E-state index in [1.54, 1.807) is 0 Å². The summed E-state index contributed by atoms with van der Waals surface area (Å²) >= 11 is 0. The van der Waals surface area contributed by atoms with E-state index in [0.29, 0.717) is 13.0 Å². The summed E-state index contributed by atoms with van der Waals surface area (Å²) in [5.41, 5.74) is 1.73. The molecule has 2 aromatic rings. The zero-order chi connectivity index (χ0) is 17.7. The lowest BCUT2D eigenvalue weighted by Gasteiger charge is -2.09. The van der Waals surface area contributed by atoms with Crippen molar-refractivity contribution in [2.75, 3.05) is 0 Å². The Balaban J connectivity index is 1.99. The first-order valence-corrected chi connectivity index (χ1v) is 8.98. The molecule has 0 radical (unpaired) electrons. The zero-order valence-corrected chi connectivity index (χ0v) is 15.4. The first kappa shape index (κ1) is 17.2. The van der Waals surface area contributed by atoms with E-state index in [1.807, 2.05) is 42.0 Å². The van der Waals surface area contributed by atoms with Crippen molar-refractivity contribution in [1.82, 2.24) is 4.57 Å². The molecule has 0 spiro atoms. The predicted octanol–water partition coefficient (Wildman–Crippen LogP) is 5.64. The number of fused-ring (bicyclic) bond motifs is 1. The van der Waals surface area contributed by atoms with Gasteiger partial charge in [-0.05, 0) is 23.3 Å². The standard InChI is InChI=1S/C21H28FNO/c1-6-9-14(22)12-23-13-16(15-10-7-8-11-17(15)23)18(24)19-20(2,3)21(19,4)5/h7-8,10-11,13-14,19H,6,9,12H2,1-5H3/t14-/m1/s1. The number of alkyl halides is 1. The topological polar surface area (TPSA) is 22.0 Å². The second-order valence-corrected chi connectivity index (χ2v) is 8.34. The summed E-state index contributed by atoms with van der Waals surface area (Å²) < 4.78 is 16.1. The number of para-hydroxylation sites is 1. The van der Waals surface area contributed by atoms with Crippen LogP contribution in [0.2, 0.25) is 0 Å². The van der Waals surface area contributed by atoms with Crippen molar-refractivity contribution in [3.63, 3.8) is 0 Å². The maximum absolute atomic E-state index is 14.1. The minimum Gasteiger partial charge on any atom is -0.344 e. The molecule has 24 heavy (non-hydrogen) atoms. The number of aromatic nitrogens is 1. The highest BCUT2D eigenvalue weighted by Gasteiger charge is 2.68. The highest BCUT2D eigenvalue weighted by atomic mass is 19.1. The van der Waals surface area contributed by atoms with Crippen molar-refractivity contribution in [1.29, 1.82) is 0 Å². The van der Waals surface area contributed by atoms with Gasteiger partial charge in [-0.2, -0.15) is 0 Å². The molecule has 1 aliphatic rings. The van der Waals surface area contributed by atoms with Gasteiger partial charge in [-0.15, -0.1) is 0 Å². The summed E-state index contributed by atoms with van der Waals surface area (Å²) in [6.07, 6.45) is 2.39. The summed E-state index contributed by atoms with van der Waals surface area (Å²) in [5.74, 6) is 0.229. The molecule has 3 heteroatoms. The third-order valence-corrected chi connectivity index (χ3v) is 6.33. The number of carbonyl (C=O) groups excluding carboxylic acids is 1. The van der Waals surface area contributed by atoms with Gasteiger partial charge in [-0.3, -0.25) is 4.79 Å². The maximum Gasteiger partial charge on any atom is 0.169 e. The van der Waals surface area contributed by atoms with Gasteiger partial charge in [0.1, 0.15) is 6.17 Å². The van der Waals surface area contributed by atoms with Gasteiger partial charge < -0.3 is 4.57 Å². The minimum atomic E-state index is -0.873. The highest BCUT2D eigenvalue weighted by molar-refractivity contribution is 6.11. The number of hydrogen-bond acceptors (Lipinski definition) is 1. The Morgan fingerprint density at radius 3 is 2.42 bits per heavy atom. The van der Waals surface area contributed by atoms with Crippen LogP contribution in [0.25, 0.3) is 10.9 Å². The van der Waals surface area contributed by atoms with Crippen LogP contribution in [0, 0.1) is 16.7 Å². The van der Waals surface area contributed by atoms with Crippen LogP contribution in [0.3, 0.4) is 0 Å². The van der Waals surface area contributed by atoms with Gasteiger partial charge >= 0.3 is 0 Å². The Labute approximate surface area is 144 Å². The molecule has 1 aliphatic carbocycles. The van der Waals surface area contributed by atoms with Crippen molar-refractivity contribution in [3.05, 3.63) is 36.0 Å². The highest BCUT2D eigenvalue weighted by Crippen LogP contribution is 2.69. The quantitative estimate of drug-likeness (QED) is 0.628. The number of halogens is 1. The summed E-state index contributed by atoms with van der Waals surface area (Å²) in [6.45, 7) is 11.0. The molecule has 3 rings (SSSR count). The number of carbonyl (C=O) groups is 1. The van der Waals surface area contributed by atoms with Gasteiger partial charge in [0.25, 0.3) is 0 Å². The number of rotatable bonds is 6. The number of Topliss-reactive ketones (excluding diaryl/α,β-unsaturated/α-hetero) is 1. The van der Waals surface area contributed by atoms with Gasteiger partial charge in [-0.25, -0.2) is 4.39 Å². The molecule has 0 amide bonds. The third kappa shape index (κ3) is 2.49. The number of hydrogen-bond donors (Lipinski definition) is 0. The third-order valence-electron chi connectivity index (χ3n) is 6.33. The Hall–Kier alpha value is -1.64. The van der Waals surface area contributed by atoms with E-state index in [1.165, 1.54) is 0 Å². The van der Waals surface area contributed by atoms with Crippen LogP contribution in [0.15, 0.2) is 30.5 Å². The van der Waals surface area contributed by atoms with Crippen molar-refractivity contribution in [2.45, 2.75) is 60.2 Å². The van der Waals surface area contributed by atoms with E-state index in [9.17, 15) is 9.18 Å². The molecular weight excluding hydrogens is 301 g/mol. The lowest BCUT2D eigenvalue weighted by Crippen LogP contribution is -2.11. The molecule has 0 bridgehead atoms. The van der Waals surface area contributed by atoms with Crippen LogP contribution < -0.4 is 0 Å². The molecule has 2 nitrogen and oxygen atoms in total. The zero-order valence-electron chi connectivity index (χ0n) is 15.4. The first-order valence-electron chi connectivity index (χ1n) is 8.98. The fraction of sp³-hybridized carbons (Fsp3) is 0.571. The Bertz CT molecular complexity index is 757. The molecular formula is C21H28FNO. The molecule has 1 aromatic heterocycles. The average Bonchev–Trinajstić information content (AvgIpc) is 2.80. The molecule has 1 heterocycles. The Morgan fingerprint density at radius 2 is 1.83 bits per heavy atom. The summed E-state index contributed by atoms with van der Waals surface area (Å²) in [5, 5.41) is 0.949. The molecule has 1 aromatic carbocycles. The van der Waals surface area contributed by atoms with Crippen LogP contribution in [-0.4, -0.2) is 16.5 Å². The van der Waals surface area contributed by atoms with E-state index >= 15 is 0 Å². The van der Waals surface area contributed by atoms with E-state index in [-0.39, 0.29) is 22.5 Å². The number of ketones is 1. The van der Waals surface area contributed by atoms with Gasteiger partial charge in [0.2, 0.25) is 0 Å². The van der Waals surface area contributed by atoms with Crippen molar-refractivity contribution < 1.29 is 9.18 Å². The van der Waals surface area contributed by atoms with Crippen molar-refractivity contribution in [2.24, 2.45) is 16.7 Å². The van der Waals surface area contributed by atoms with Gasteiger partial charge in [0, 0.05) is 28.6 Å². The van der Waals surface area contributed by atoms with Crippen molar-refractivity contribution >= 4 is 16.7 Å². The van der Waals surface area contributed by atoms with E-state index in [4.69, 9.17) is 0 Å². The first-order chi connectivity index (χ1) is 11.2. The van der Waals surface area contributed by atoms with E-state index in [2.05, 4.69) is 27.7 Å². The molecule has 130 valence electrons. The fourth-order valence-electron chi connectivity index (χ4n) is 4.22. The van der Waals surface area contributed by atoms with Gasteiger partial charge in [-0.1, -0.05) is 59.2 Å². The second-order valence-electron chi connectivity index (χ2n) is 8.34. The van der Waals surface area contributed by atoms with Gasteiger partial charge in [0.05, 0.1) is 6.54 Å². The summed E-state index contributed by atoms with van der Waals surface area (Å²) in [7, 11) is 0. The molecule has 1 saturated carbocycles. The minimum absolute atomic E-state index is 0.0120. The summed E-state index contributed by atoms with van der Waals surface area (Å²) in [6, 6.07) is 7.86. The fourth-order valence-corrected chi connectivity index (χ4v) is 4.22. The van der Waals surface area contributed by atoms with Crippen LogP contribution in [0.5, 0.6) is 0 Å². The van der Waals surface area contributed by atoms with E-state index < -0.39 is 6.17 Å². The number of nitrogens with zero attached hydrogens (tertiary/aromatic N) is 1. The van der Waals surface area contributed by atoms with Crippen LogP contribution in [0.1, 0.15) is 57.8 Å². The van der Waals surface area contributed by atoms with Crippen LogP contribution in [-0.2, 0) is 6.54 Å². The Morgan fingerprint density at radius 1 is 1.21 bits per heavy atom. The largest absolute Gasteiger partial charge is 0.344 e. The SMILES string of the molecule is CCC[C@@H](F)Cn1cc(C(=O)C2C(C)(C)C2(C)C)c2ccccc21. The molecule has 0 N–H and O–H groups in total. The molecule has 0 aliphatic heterocycles. The van der Waals surface area contributed by atoms with Crippen LogP contribution >= 0.6 is 0 Å². The lowest BCUT2D eigenvalue weighted by atomic mass is 10.0. The smallest absolute Gasteiger partial charge is 0.169 e. The van der Waals surface area contributed by atoms with Crippen LogP contribution in [0.4, 0.5) is 4.39 Å². The number of benzene rings is 1. The molecule has 0 saturated heterocycles. The maximum atomic E-state index is 14.1. The summed E-state index contributed by atoms with van der Waals surface area (Å²) in [4.78, 5) is 13.2. The predicted molar refractivity (Wildman–Crippen MR) is 97.1 cm³/mol. The lowest BCUT2D eigenvalue weighted by molar-refractivity contribution is 0.0946. The molecule has 0 unspecified atom stereocenters. The van der Waals surface area contributed by atoms with Gasteiger partial charge in [0.15, 0.2) is 5.78 Å². The van der Waals surface area contributed by atoms with Crippen molar-refractivity contribution in [3.8, 4) is 0 Å². The second kappa shape index (κ2) is 5.72. The molecule has 1 atom stereocenters. The Kier molecular flexibility index (Phi) is 4.09. The molecule has 1 fully saturated rings. The average molecular weight is 329 g/mol.